The molecular formula is C100H63N9. The summed E-state index contributed by atoms with van der Waals surface area (Å²) in [5.74, 6) is 1.76. The predicted molar refractivity (Wildman–Crippen MR) is 452 cm³/mol. The molecule has 0 aliphatic heterocycles. The number of hydrogen-bond donors (Lipinski definition) is 0. The molecule has 0 aliphatic carbocycles. The maximum atomic E-state index is 5.45. The Bertz CT molecular complexity index is 7140. The highest BCUT2D eigenvalue weighted by atomic mass is 15.1. The van der Waals surface area contributed by atoms with Crippen LogP contribution in [-0.4, -0.2) is 42.4 Å². The average molecular weight is 1390 g/mol. The third-order valence-electron chi connectivity index (χ3n) is 22.8. The van der Waals surface area contributed by atoms with E-state index in [2.05, 4.69) is 362 Å². The van der Waals surface area contributed by atoms with E-state index in [1.807, 2.05) is 36.4 Å². The number of hydrogen-bond acceptors (Lipinski definition) is 3. The molecule has 0 saturated carbocycles. The second-order valence-corrected chi connectivity index (χ2v) is 28.7. The Kier molecular flexibility index (Phi) is 13.2. The summed E-state index contributed by atoms with van der Waals surface area (Å²) < 4.78 is 14.8. The number of nitrogens with zero attached hydrogens (tertiary/aromatic N) is 9. The number of benzene rings is 16. The van der Waals surface area contributed by atoms with Crippen molar-refractivity contribution in [1.29, 1.82) is 0 Å². The minimum Gasteiger partial charge on any atom is -0.309 e. The SMILES string of the molecule is Cc1cccc(-n2c3ccc(-n4c5ccccc5c5ccccc54)cc3c3cc(-n4c5ccccc5c5ccccc54)ccc32)c1-c1cc(-c2nc(-c3ccccc3)nc(-c3ccccc3)n2)ccc1-n1c2ccc(-n3c4ccccc4c4ccccc43)cc2c2cc(-n3c4ccccc4c4ccccc43)ccc21. The van der Waals surface area contributed by atoms with Crippen LogP contribution in [0.1, 0.15) is 5.56 Å². The van der Waals surface area contributed by atoms with Crippen molar-refractivity contribution >= 4 is 131 Å². The fraction of sp³-hybridized carbons (Fsp3) is 0.0100. The van der Waals surface area contributed by atoms with Gasteiger partial charge in [-0.3, -0.25) is 0 Å². The average Bonchev–Trinajstić information content (AvgIpc) is 1.58. The molecule has 0 unspecified atom stereocenters. The van der Waals surface area contributed by atoms with E-state index in [0.717, 1.165) is 155 Å². The number of para-hydroxylation sites is 8. The third kappa shape index (κ3) is 9.11. The van der Waals surface area contributed by atoms with E-state index in [-0.39, 0.29) is 0 Å². The van der Waals surface area contributed by atoms with Gasteiger partial charge in [-0.15, -0.1) is 0 Å². The molecule has 23 aromatic rings. The Morgan fingerprint density at radius 3 is 0.761 bits per heavy atom. The maximum Gasteiger partial charge on any atom is 0.164 e. The molecule has 7 heterocycles. The summed E-state index contributed by atoms with van der Waals surface area (Å²) >= 11 is 0. The molecule has 23 rings (SSSR count). The standard InChI is InChI=1S/C100H63N9/c1-62-25-24-46-96(109-93-55-50-68(106-87-42-20-12-34-74(87)75-35-13-21-43-88(75)106)60-80(93)81-61-69(51-56-94(81)109)107-89-44-22-14-36-76(89)77-37-15-23-45-90(77)107)97(62)82-57-65(100-102-98(63-26-4-2-5-27-63)101-99(103-100)64-28-6-3-7-29-64)47-52-95(82)108-91-53-48-66(104-83-38-16-8-30-70(83)71-31-9-17-39-84(71)104)58-78(91)79-59-67(49-54-92(79)108)105-85-40-18-10-32-72(85)73-33-11-19-41-86(73)105/h2-61H,1H3. The van der Waals surface area contributed by atoms with Crippen molar-refractivity contribution in [1.82, 2.24) is 42.4 Å². The molecule has 0 bridgehead atoms. The first kappa shape index (κ1) is 60.7. The van der Waals surface area contributed by atoms with Gasteiger partial charge in [-0.25, -0.2) is 15.0 Å². The quantitative estimate of drug-likeness (QED) is 0.137. The van der Waals surface area contributed by atoms with Gasteiger partial charge in [0.1, 0.15) is 0 Å². The molecule has 9 heteroatoms. The first-order chi connectivity index (χ1) is 54.0. The summed E-state index contributed by atoms with van der Waals surface area (Å²) in [6, 6.07) is 133. The molecule has 508 valence electrons. The molecule has 7 aromatic heterocycles. The Hall–Kier alpha value is -14.7. The molecule has 0 aliphatic rings. The molecule has 0 N–H and O–H groups in total. The lowest BCUT2D eigenvalue weighted by Crippen LogP contribution is -2.05. The summed E-state index contributed by atoms with van der Waals surface area (Å²) in [4.78, 5) is 16.1. The van der Waals surface area contributed by atoms with Crippen molar-refractivity contribution in [2.45, 2.75) is 6.92 Å². The second-order valence-electron chi connectivity index (χ2n) is 28.7. The van der Waals surface area contributed by atoms with Gasteiger partial charge in [-0.05, 0) is 158 Å². The van der Waals surface area contributed by atoms with Crippen LogP contribution in [0.4, 0.5) is 0 Å². The van der Waals surface area contributed by atoms with Gasteiger partial charge >= 0.3 is 0 Å². The first-order valence-electron chi connectivity index (χ1n) is 37.2. The topological polar surface area (TPSA) is 68.2 Å². The van der Waals surface area contributed by atoms with Gasteiger partial charge in [0.25, 0.3) is 0 Å². The fourth-order valence-electron chi connectivity index (χ4n) is 18.1. The number of aryl methyl sites for hydroxylation is 1. The van der Waals surface area contributed by atoms with Gasteiger partial charge in [0.15, 0.2) is 17.5 Å². The van der Waals surface area contributed by atoms with Crippen molar-refractivity contribution in [3.63, 3.8) is 0 Å². The van der Waals surface area contributed by atoms with E-state index in [4.69, 9.17) is 15.0 Å². The van der Waals surface area contributed by atoms with Gasteiger partial charge in [0.2, 0.25) is 0 Å². The van der Waals surface area contributed by atoms with Crippen LogP contribution in [0.25, 0.3) is 210 Å². The molecule has 0 amide bonds. The fourth-order valence-corrected chi connectivity index (χ4v) is 18.1. The van der Waals surface area contributed by atoms with E-state index < -0.39 is 0 Å². The van der Waals surface area contributed by atoms with E-state index >= 15 is 0 Å². The van der Waals surface area contributed by atoms with Crippen LogP contribution in [-0.2, 0) is 0 Å². The number of rotatable bonds is 10. The number of aromatic nitrogens is 9. The minimum absolute atomic E-state index is 0.566. The molecule has 0 radical (unpaired) electrons. The van der Waals surface area contributed by atoms with E-state index in [1.54, 1.807) is 0 Å². The third-order valence-corrected chi connectivity index (χ3v) is 22.8. The van der Waals surface area contributed by atoms with Gasteiger partial charge in [0, 0.05) is 115 Å². The van der Waals surface area contributed by atoms with Crippen LogP contribution in [0.5, 0.6) is 0 Å². The van der Waals surface area contributed by atoms with Crippen LogP contribution in [0, 0.1) is 6.92 Å². The molecule has 0 fully saturated rings. The summed E-state index contributed by atoms with van der Waals surface area (Å²) in [7, 11) is 0. The van der Waals surface area contributed by atoms with Crippen LogP contribution < -0.4 is 0 Å². The van der Waals surface area contributed by atoms with Gasteiger partial charge < -0.3 is 27.4 Å². The van der Waals surface area contributed by atoms with Crippen molar-refractivity contribution in [3.05, 3.63) is 370 Å². The van der Waals surface area contributed by atoms with E-state index in [9.17, 15) is 0 Å². The highest BCUT2D eigenvalue weighted by Gasteiger charge is 2.27. The van der Waals surface area contributed by atoms with Crippen LogP contribution in [0.3, 0.4) is 0 Å². The number of fused-ring (bicyclic) bond motifs is 18. The van der Waals surface area contributed by atoms with Crippen molar-refractivity contribution in [3.8, 4) is 79.4 Å². The second kappa shape index (κ2) is 23.7. The summed E-state index contributed by atoms with van der Waals surface area (Å²) in [6.07, 6.45) is 0. The smallest absolute Gasteiger partial charge is 0.164 e. The normalized spacial score (nSPS) is 12.1. The Morgan fingerprint density at radius 2 is 0.450 bits per heavy atom. The zero-order chi connectivity index (χ0) is 71.5. The highest BCUT2D eigenvalue weighted by molar-refractivity contribution is 6.17. The molecule has 16 aromatic carbocycles. The summed E-state index contributed by atoms with van der Waals surface area (Å²) in [5, 5.41) is 14.2. The molecule has 109 heavy (non-hydrogen) atoms. The van der Waals surface area contributed by atoms with Crippen LogP contribution in [0.2, 0.25) is 0 Å². The zero-order valence-electron chi connectivity index (χ0n) is 59.2. The van der Waals surface area contributed by atoms with Crippen molar-refractivity contribution in [2.24, 2.45) is 0 Å². The highest BCUT2D eigenvalue weighted by Crippen LogP contribution is 2.47. The van der Waals surface area contributed by atoms with E-state index in [0.29, 0.717) is 17.5 Å². The largest absolute Gasteiger partial charge is 0.309 e. The Labute approximate surface area is 625 Å². The Morgan fingerprint density at radius 1 is 0.183 bits per heavy atom. The first-order valence-corrected chi connectivity index (χ1v) is 37.2. The zero-order valence-corrected chi connectivity index (χ0v) is 59.2. The predicted octanol–water partition coefficient (Wildman–Crippen LogP) is 25.4. The molecular weight excluding hydrogens is 1330 g/mol. The monoisotopic (exact) mass is 1390 g/mol. The van der Waals surface area contributed by atoms with Crippen LogP contribution in [0.15, 0.2) is 364 Å². The van der Waals surface area contributed by atoms with Gasteiger partial charge in [-0.2, -0.15) is 0 Å². The minimum atomic E-state index is 0.566. The van der Waals surface area contributed by atoms with Crippen molar-refractivity contribution < 1.29 is 0 Å². The Balaban J connectivity index is 0.821. The molecule has 9 nitrogen and oxygen atoms in total. The summed E-state index contributed by atoms with van der Waals surface area (Å²) in [5.41, 5.74) is 25.7. The molecule has 0 saturated heterocycles. The van der Waals surface area contributed by atoms with Crippen molar-refractivity contribution in [2.75, 3.05) is 0 Å². The summed E-state index contributed by atoms with van der Waals surface area (Å²) in [6.45, 7) is 2.27. The van der Waals surface area contributed by atoms with Gasteiger partial charge in [-0.1, -0.05) is 218 Å². The molecule has 0 atom stereocenters. The lowest BCUT2D eigenvalue weighted by Gasteiger charge is -2.21. The van der Waals surface area contributed by atoms with Gasteiger partial charge in [0.05, 0.1) is 77.6 Å². The lowest BCUT2D eigenvalue weighted by atomic mass is 9.94. The van der Waals surface area contributed by atoms with Crippen LogP contribution >= 0.6 is 0 Å². The van der Waals surface area contributed by atoms with E-state index in [1.165, 1.54) is 43.1 Å². The maximum absolute atomic E-state index is 5.45. The lowest BCUT2D eigenvalue weighted by molar-refractivity contribution is 1.07. The molecule has 0 spiro atoms.